The number of amides is 2. The van der Waals surface area contributed by atoms with Gasteiger partial charge < -0.3 is 15.1 Å². The number of hydrogen-bond donors (Lipinski definition) is 1. The number of fused-ring (bicyclic) bond motifs is 1. The molecule has 2 aliphatic heterocycles. The van der Waals surface area contributed by atoms with Crippen molar-refractivity contribution in [1.29, 1.82) is 0 Å². The summed E-state index contributed by atoms with van der Waals surface area (Å²) in [7, 11) is 0. The summed E-state index contributed by atoms with van der Waals surface area (Å²) < 4.78 is 0. The van der Waals surface area contributed by atoms with Crippen LogP contribution in [-0.2, 0) is 9.59 Å². The molecule has 0 aromatic heterocycles. The summed E-state index contributed by atoms with van der Waals surface area (Å²) in [6, 6.07) is 14.5. The fourth-order valence-electron chi connectivity index (χ4n) is 4.50. The van der Waals surface area contributed by atoms with Crippen LogP contribution in [0.5, 0.6) is 0 Å². The van der Waals surface area contributed by atoms with Gasteiger partial charge in [0.15, 0.2) is 0 Å². The Morgan fingerprint density at radius 3 is 2.64 bits per heavy atom. The maximum Gasteiger partial charge on any atom is 0.240 e. The molecule has 176 valence electrons. The van der Waals surface area contributed by atoms with Crippen LogP contribution in [0.4, 0.5) is 11.4 Å². The number of para-hydroxylation sites is 1. The first-order valence-electron chi connectivity index (χ1n) is 11.8. The van der Waals surface area contributed by atoms with E-state index >= 15 is 0 Å². The fraction of sp³-hybridized carbons (Fsp3) is 0.462. The molecule has 1 N–H and O–H groups in total. The van der Waals surface area contributed by atoms with E-state index in [0.717, 1.165) is 55.5 Å². The van der Waals surface area contributed by atoms with E-state index in [2.05, 4.69) is 47.2 Å². The van der Waals surface area contributed by atoms with Gasteiger partial charge in [0.2, 0.25) is 11.8 Å². The second-order valence-corrected chi connectivity index (χ2v) is 10.0. The number of nitrogens with zero attached hydrogens (tertiary/aromatic N) is 3. The summed E-state index contributed by atoms with van der Waals surface area (Å²) in [5, 5.41) is 3.01. The minimum absolute atomic E-state index is 0.0179. The Morgan fingerprint density at radius 2 is 1.82 bits per heavy atom. The van der Waals surface area contributed by atoms with Crippen molar-refractivity contribution < 1.29 is 9.59 Å². The fourth-order valence-corrected chi connectivity index (χ4v) is 5.49. The van der Waals surface area contributed by atoms with Gasteiger partial charge in [-0.15, -0.1) is 11.8 Å². The van der Waals surface area contributed by atoms with Crippen LogP contribution in [-0.4, -0.2) is 68.3 Å². The summed E-state index contributed by atoms with van der Waals surface area (Å²) in [4.78, 5) is 32.8. The van der Waals surface area contributed by atoms with E-state index < -0.39 is 0 Å². The highest BCUT2D eigenvalue weighted by molar-refractivity contribution is 7.99. The lowest BCUT2D eigenvalue weighted by atomic mass is 10.1. The number of hydrogen-bond acceptors (Lipinski definition) is 5. The monoisotopic (exact) mass is 466 g/mol. The maximum atomic E-state index is 12.6. The van der Waals surface area contributed by atoms with Crippen LogP contribution >= 0.6 is 11.8 Å². The van der Waals surface area contributed by atoms with Crippen LogP contribution in [0.25, 0.3) is 0 Å². The van der Waals surface area contributed by atoms with Gasteiger partial charge in [-0.25, -0.2) is 0 Å². The summed E-state index contributed by atoms with van der Waals surface area (Å²) in [6.07, 6.45) is 1.37. The molecule has 1 saturated heterocycles. The number of carbonyl (C=O) groups is 2. The van der Waals surface area contributed by atoms with Crippen molar-refractivity contribution in [2.75, 3.05) is 61.4 Å². The molecule has 7 heteroatoms. The van der Waals surface area contributed by atoms with Crippen molar-refractivity contribution in [2.24, 2.45) is 0 Å². The average Bonchev–Trinajstić information content (AvgIpc) is 2.97. The van der Waals surface area contributed by atoms with Gasteiger partial charge in [0.25, 0.3) is 0 Å². The second-order valence-electron chi connectivity index (χ2n) is 8.87. The zero-order valence-electron chi connectivity index (χ0n) is 19.7. The van der Waals surface area contributed by atoms with Crippen LogP contribution in [0, 0.1) is 13.8 Å². The van der Waals surface area contributed by atoms with E-state index in [1.807, 2.05) is 24.3 Å². The first-order chi connectivity index (χ1) is 16.0. The minimum Gasteiger partial charge on any atom is -0.369 e. The number of benzene rings is 2. The van der Waals surface area contributed by atoms with Gasteiger partial charge in [-0.3, -0.25) is 14.5 Å². The van der Waals surface area contributed by atoms with Gasteiger partial charge in [0, 0.05) is 55.5 Å². The molecular formula is C26H34N4O2S. The lowest BCUT2D eigenvalue weighted by molar-refractivity contribution is -0.123. The van der Waals surface area contributed by atoms with E-state index in [4.69, 9.17) is 0 Å². The molecule has 0 aliphatic carbocycles. The molecule has 0 radical (unpaired) electrons. The van der Waals surface area contributed by atoms with Gasteiger partial charge in [0.1, 0.15) is 6.54 Å². The van der Waals surface area contributed by atoms with E-state index in [0.29, 0.717) is 13.0 Å². The molecule has 1 fully saturated rings. The third kappa shape index (κ3) is 6.09. The van der Waals surface area contributed by atoms with Crippen LogP contribution in [0.3, 0.4) is 0 Å². The lowest BCUT2D eigenvalue weighted by Crippen LogP contribution is -2.47. The Kier molecular flexibility index (Phi) is 7.93. The summed E-state index contributed by atoms with van der Waals surface area (Å²) >= 11 is 1.68. The molecule has 2 aromatic rings. The van der Waals surface area contributed by atoms with E-state index in [9.17, 15) is 9.59 Å². The van der Waals surface area contributed by atoms with Gasteiger partial charge >= 0.3 is 0 Å². The largest absolute Gasteiger partial charge is 0.369 e. The van der Waals surface area contributed by atoms with Gasteiger partial charge in [-0.2, -0.15) is 0 Å². The SMILES string of the molecule is Cc1ccc(C)c(N2CCN(CCCNC(=O)CN3C(=O)CCSc4ccccc43)CC2)c1. The molecule has 0 unspecified atom stereocenters. The van der Waals surface area contributed by atoms with Crippen molar-refractivity contribution in [3.8, 4) is 0 Å². The molecular weight excluding hydrogens is 432 g/mol. The smallest absolute Gasteiger partial charge is 0.240 e. The number of rotatable bonds is 7. The molecule has 2 amide bonds. The number of nitrogens with one attached hydrogen (secondary N) is 1. The number of aryl methyl sites for hydroxylation is 2. The molecule has 6 nitrogen and oxygen atoms in total. The van der Waals surface area contributed by atoms with Crippen molar-refractivity contribution in [3.63, 3.8) is 0 Å². The first-order valence-corrected chi connectivity index (χ1v) is 12.8. The van der Waals surface area contributed by atoms with Crippen molar-refractivity contribution >= 4 is 35.0 Å². The summed E-state index contributed by atoms with van der Waals surface area (Å²) in [5.41, 5.74) is 4.84. The first kappa shape index (κ1) is 23.6. The third-order valence-corrected chi connectivity index (χ3v) is 7.45. The molecule has 2 heterocycles. The summed E-state index contributed by atoms with van der Waals surface area (Å²) in [6.45, 7) is 10.2. The number of thioether (sulfide) groups is 1. The number of piperazine rings is 1. The van der Waals surface area contributed by atoms with E-state index in [1.54, 1.807) is 16.7 Å². The zero-order chi connectivity index (χ0) is 23.2. The predicted octanol–water partition coefficient (Wildman–Crippen LogP) is 3.46. The molecule has 0 saturated carbocycles. The van der Waals surface area contributed by atoms with E-state index in [1.165, 1.54) is 16.8 Å². The standard InChI is InChI=1S/C26H34N4O2S/c1-20-8-9-21(2)23(18-20)29-15-13-28(14-16-29)12-5-11-27-25(31)19-30-22-6-3-4-7-24(22)33-17-10-26(30)32/h3-4,6-9,18H,5,10-17,19H2,1-2H3,(H,27,31). The molecule has 2 aliphatic rings. The van der Waals surface area contributed by atoms with Crippen molar-refractivity contribution in [3.05, 3.63) is 53.6 Å². The second kappa shape index (κ2) is 11.1. The Labute approximate surface area is 201 Å². The molecule has 0 atom stereocenters. The van der Waals surface area contributed by atoms with Crippen molar-refractivity contribution in [1.82, 2.24) is 10.2 Å². The Hall–Kier alpha value is -2.51. The Balaban J connectivity index is 1.19. The zero-order valence-corrected chi connectivity index (χ0v) is 20.5. The summed E-state index contributed by atoms with van der Waals surface area (Å²) in [5.74, 6) is 0.680. The third-order valence-electron chi connectivity index (χ3n) is 6.38. The van der Waals surface area contributed by atoms with Crippen molar-refractivity contribution in [2.45, 2.75) is 31.6 Å². The molecule has 0 bridgehead atoms. The van der Waals surface area contributed by atoms with Crippen LogP contribution in [0.15, 0.2) is 47.4 Å². The average molecular weight is 467 g/mol. The maximum absolute atomic E-state index is 12.6. The highest BCUT2D eigenvalue weighted by Crippen LogP contribution is 2.33. The van der Waals surface area contributed by atoms with Gasteiger partial charge in [-0.05, 0) is 56.1 Å². The minimum atomic E-state index is -0.0928. The molecule has 4 rings (SSSR count). The quantitative estimate of drug-likeness (QED) is 0.634. The van der Waals surface area contributed by atoms with Crippen LogP contribution in [0.2, 0.25) is 0 Å². The normalized spacial score (nSPS) is 17.0. The van der Waals surface area contributed by atoms with Crippen LogP contribution in [0.1, 0.15) is 24.0 Å². The lowest BCUT2D eigenvalue weighted by Gasteiger charge is -2.37. The highest BCUT2D eigenvalue weighted by Gasteiger charge is 2.24. The van der Waals surface area contributed by atoms with E-state index in [-0.39, 0.29) is 18.4 Å². The Bertz CT molecular complexity index is 988. The number of anilines is 2. The van der Waals surface area contributed by atoms with Crippen LogP contribution < -0.4 is 15.1 Å². The highest BCUT2D eigenvalue weighted by atomic mass is 32.2. The van der Waals surface area contributed by atoms with Gasteiger partial charge in [0.05, 0.1) is 5.69 Å². The van der Waals surface area contributed by atoms with Gasteiger partial charge in [-0.1, -0.05) is 24.3 Å². The molecule has 33 heavy (non-hydrogen) atoms. The topological polar surface area (TPSA) is 55.9 Å². The number of carbonyl (C=O) groups excluding carboxylic acids is 2. The molecule has 0 spiro atoms. The molecule has 2 aromatic carbocycles. The Morgan fingerprint density at radius 1 is 1.03 bits per heavy atom. The predicted molar refractivity (Wildman–Crippen MR) is 136 cm³/mol.